The van der Waals surface area contributed by atoms with E-state index in [1.54, 1.807) is 30.3 Å². The quantitative estimate of drug-likeness (QED) is 0.521. The van der Waals surface area contributed by atoms with E-state index in [9.17, 15) is 9.59 Å². The maximum absolute atomic E-state index is 13.2. The number of amides is 1. The van der Waals surface area contributed by atoms with Crippen molar-refractivity contribution in [2.75, 3.05) is 5.32 Å². The Balaban J connectivity index is 1.95. The maximum Gasteiger partial charge on any atom is 0.258 e. The highest BCUT2D eigenvalue weighted by atomic mass is 35.5. The normalized spacial score (nSPS) is 10.9. The van der Waals surface area contributed by atoms with Crippen LogP contribution in [0.5, 0.6) is 0 Å². The molecule has 0 aliphatic carbocycles. The minimum absolute atomic E-state index is 0.111. The molecule has 27 heavy (non-hydrogen) atoms. The van der Waals surface area contributed by atoms with Crippen LogP contribution in [-0.2, 0) is 7.05 Å². The summed E-state index contributed by atoms with van der Waals surface area (Å²) >= 11 is 7.62. The zero-order valence-corrected chi connectivity index (χ0v) is 16.0. The molecule has 2 aromatic carbocycles. The summed E-state index contributed by atoms with van der Waals surface area (Å²) in [6.07, 6.45) is 0. The number of carbonyl (C=O) groups excluding carboxylic acids is 1. The van der Waals surface area contributed by atoms with E-state index in [1.165, 1.54) is 11.3 Å². The molecule has 0 fully saturated rings. The number of thiophene rings is 1. The second-order valence-corrected chi connectivity index (χ2v) is 7.40. The van der Waals surface area contributed by atoms with Crippen LogP contribution in [0.2, 0.25) is 5.02 Å². The molecule has 0 saturated heterocycles. The van der Waals surface area contributed by atoms with E-state index in [1.807, 2.05) is 47.3 Å². The molecule has 0 bridgehead atoms. The van der Waals surface area contributed by atoms with Gasteiger partial charge in [0.15, 0.2) is 5.43 Å². The largest absolute Gasteiger partial charge is 0.330 e. The number of fused-ring (bicyclic) bond motifs is 1. The lowest BCUT2D eigenvalue weighted by molar-refractivity contribution is 0.102. The van der Waals surface area contributed by atoms with E-state index in [-0.39, 0.29) is 11.3 Å². The topological polar surface area (TPSA) is 51.1 Å². The first-order chi connectivity index (χ1) is 13.1. The van der Waals surface area contributed by atoms with Crippen molar-refractivity contribution in [1.82, 2.24) is 4.57 Å². The Morgan fingerprint density at radius 1 is 1.04 bits per heavy atom. The summed E-state index contributed by atoms with van der Waals surface area (Å²) < 4.78 is 1.83. The molecular formula is C21H15ClN2O2S. The summed E-state index contributed by atoms with van der Waals surface area (Å²) in [6, 6.07) is 18.0. The van der Waals surface area contributed by atoms with Crippen molar-refractivity contribution in [2.24, 2.45) is 7.05 Å². The second-order valence-electron chi connectivity index (χ2n) is 6.04. The molecule has 134 valence electrons. The number of hydrogen-bond donors (Lipinski definition) is 1. The molecule has 0 aliphatic rings. The molecule has 0 spiro atoms. The number of carbonyl (C=O) groups is 1. The van der Waals surface area contributed by atoms with Crippen LogP contribution in [0.25, 0.3) is 21.3 Å². The molecule has 2 aromatic heterocycles. The van der Waals surface area contributed by atoms with Crippen molar-refractivity contribution in [3.05, 3.63) is 86.9 Å². The van der Waals surface area contributed by atoms with Crippen LogP contribution in [0.4, 0.5) is 5.82 Å². The van der Waals surface area contributed by atoms with Crippen LogP contribution in [0, 0.1) is 0 Å². The number of nitrogens with zero attached hydrogens (tertiary/aromatic N) is 1. The van der Waals surface area contributed by atoms with Crippen LogP contribution in [-0.4, -0.2) is 10.5 Å². The lowest BCUT2D eigenvalue weighted by Gasteiger charge is -2.17. The molecule has 4 aromatic rings. The smallest absolute Gasteiger partial charge is 0.258 e. The summed E-state index contributed by atoms with van der Waals surface area (Å²) in [5.41, 5.74) is 1.47. The Labute approximate surface area is 164 Å². The number of pyridine rings is 1. The van der Waals surface area contributed by atoms with E-state index in [2.05, 4.69) is 5.32 Å². The van der Waals surface area contributed by atoms with E-state index >= 15 is 0 Å². The number of benzene rings is 2. The molecule has 0 aliphatic heterocycles. The first kappa shape index (κ1) is 17.5. The Kier molecular flexibility index (Phi) is 4.56. The van der Waals surface area contributed by atoms with Gasteiger partial charge in [-0.05, 0) is 35.7 Å². The average Bonchev–Trinajstić information content (AvgIpc) is 3.20. The molecular weight excluding hydrogens is 380 g/mol. The predicted octanol–water partition coefficient (Wildman–Crippen LogP) is 5.17. The predicted molar refractivity (Wildman–Crippen MR) is 112 cm³/mol. The van der Waals surface area contributed by atoms with Crippen molar-refractivity contribution in [3.63, 3.8) is 0 Å². The summed E-state index contributed by atoms with van der Waals surface area (Å²) in [4.78, 5) is 26.9. The van der Waals surface area contributed by atoms with Crippen LogP contribution in [0.15, 0.2) is 70.8 Å². The third-order valence-corrected chi connectivity index (χ3v) is 5.64. The van der Waals surface area contributed by atoms with Crippen LogP contribution in [0.3, 0.4) is 0 Å². The fourth-order valence-electron chi connectivity index (χ4n) is 3.10. The minimum atomic E-state index is -0.358. The monoisotopic (exact) mass is 394 g/mol. The molecule has 4 nitrogen and oxygen atoms in total. The first-order valence-electron chi connectivity index (χ1n) is 8.29. The zero-order chi connectivity index (χ0) is 19.0. The third kappa shape index (κ3) is 3.05. The number of aromatic nitrogens is 1. The Bertz CT molecular complexity index is 1210. The molecule has 6 heteroatoms. The van der Waals surface area contributed by atoms with Gasteiger partial charge in [0.25, 0.3) is 5.91 Å². The zero-order valence-electron chi connectivity index (χ0n) is 14.4. The molecule has 0 saturated carbocycles. The van der Waals surface area contributed by atoms with Gasteiger partial charge in [0.2, 0.25) is 0 Å². The lowest BCUT2D eigenvalue weighted by atomic mass is 10.1. The Morgan fingerprint density at radius 2 is 1.78 bits per heavy atom. The SMILES string of the molecule is Cn1c(NC(=O)c2ccccc2Cl)c(-c2cccs2)c(=O)c2ccccc21. The minimum Gasteiger partial charge on any atom is -0.330 e. The number of aryl methyl sites for hydroxylation is 1. The summed E-state index contributed by atoms with van der Waals surface area (Å²) in [5, 5.41) is 5.78. The standard InChI is InChI=1S/C21H15ClN2O2S/c1-24-16-10-5-3-8-14(16)19(25)18(17-11-6-12-27-17)20(24)23-21(26)13-7-2-4-9-15(13)22/h2-12H,1H3,(H,23,26). The molecule has 0 unspecified atom stereocenters. The van der Waals surface area contributed by atoms with Gasteiger partial charge in [-0.3, -0.25) is 9.59 Å². The van der Waals surface area contributed by atoms with Crippen molar-refractivity contribution >= 4 is 45.6 Å². The third-order valence-electron chi connectivity index (χ3n) is 4.43. The van der Waals surface area contributed by atoms with E-state index in [0.717, 1.165) is 10.4 Å². The molecule has 1 amide bonds. The van der Waals surface area contributed by atoms with Gasteiger partial charge in [-0.2, -0.15) is 0 Å². The number of nitrogens with one attached hydrogen (secondary N) is 1. The first-order valence-corrected chi connectivity index (χ1v) is 9.55. The van der Waals surface area contributed by atoms with E-state index in [4.69, 9.17) is 11.6 Å². The highest BCUT2D eigenvalue weighted by Gasteiger charge is 2.20. The van der Waals surface area contributed by atoms with E-state index < -0.39 is 0 Å². The molecule has 1 N–H and O–H groups in total. The number of halogens is 1. The van der Waals surface area contributed by atoms with Gasteiger partial charge in [0.1, 0.15) is 5.82 Å². The van der Waals surface area contributed by atoms with Gasteiger partial charge >= 0.3 is 0 Å². The van der Waals surface area contributed by atoms with Crippen LogP contribution in [0.1, 0.15) is 10.4 Å². The number of rotatable bonds is 3. The summed E-state index contributed by atoms with van der Waals surface area (Å²) in [6.45, 7) is 0. The van der Waals surface area contributed by atoms with Crippen LogP contribution >= 0.6 is 22.9 Å². The van der Waals surface area contributed by atoms with E-state index in [0.29, 0.717) is 27.4 Å². The van der Waals surface area contributed by atoms with Crippen molar-refractivity contribution < 1.29 is 4.79 Å². The fourth-order valence-corrected chi connectivity index (χ4v) is 4.09. The van der Waals surface area contributed by atoms with Gasteiger partial charge in [-0.25, -0.2) is 0 Å². The van der Waals surface area contributed by atoms with Gasteiger partial charge < -0.3 is 9.88 Å². The van der Waals surface area contributed by atoms with Gasteiger partial charge in [0.05, 0.1) is 21.7 Å². The number of hydrogen-bond acceptors (Lipinski definition) is 3. The Hall–Kier alpha value is -2.89. The highest BCUT2D eigenvalue weighted by molar-refractivity contribution is 7.13. The maximum atomic E-state index is 13.2. The number of para-hydroxylation sites is 1. The number of anilines is 1. The highest BCUT2D eigenvalue weighted by Crippen LogP contribution is 2.31. The molecule has 0 atom stereocenters. The summed E-state index contributed by atoms with van der Waals surface area (Å²) in [7, 11) is 1.83. The molecule has 0 radical (unpaired) electrons. The molecule has 2 heterocycles. The Morgan fingerprint density at radius 3 is 2.52 bits per heavy atom. The van der Waals surface area contributed by atoms with Gasteiger partial charge in [0, 0.05) is 17.3 Å². The van der Waals surface area contributed by atoms with Crippen molar-refractivity contribution in [2.45, 2.75) is 0 Å². The average molecular weight is 395 g/mol. The summed E-state index contributed by atoms with van der Waals surface area (Å²) in [5.74, 6) is 0.0924. The lowest BCUT2D eigenvalue weighted by Crippen LogP contribution is -2.21. The van der Waals surface area contributed by atoms with Crippen molar-refractivity contribution in [1.29, 1.82) is 0 Å². The van der Waals surface area contributed by atoms with Gasteiger partial charge in [-0.15, -0.1) is 11.3 Å². The fraction of sp³-hybridized carbons (Fsp3) is 0.0476. The van der Waals surface area contributed by atoms with Gasteiger partial charge in [-0.1, -0.05) is 41.9 Å². The second kappa shape index (κ2) is 7.02. The van der Waals surface area contributed by atoms with Crippen molar-refractivity contribution in [3.8, 4) is 10.4 Å². The molecule has 4 rings (SSSR count). The van der Waals surface area contributed by atoms with Crippen LogP contribution < -0.4 is 10.7 Å².